The van der Waals surface area contributed by atoms with Gasteiger partial charge in [-0.15, -0.1) is 0 Å². The van der Waals surface area contributed by atoms with Crippen LogP contribution >= 0.6 is 0 Å². The van der Waals surface area contributed by atoms with E-state index in [0.717, 1.165) is 5.56 Å². The summed E-state index contributed by atoms with van der Waals surface area (Å²) in [5.41, 5.74) is 1.09. The highest BCUT2D eigenvalue weighted by Gasteiger charge is 2.12. The van der Waals surface area contributed by atoms with Crippen LogP contribution in [0, 0.1) is 0 Å². The lowest BCUT2D eigenvalue weighted by Gasteiger charge is -2.18. The summed E-state index contributed by atoms with van der Waals surface area (Å²) in [6.45, 7) is 0.0938. The molecule has 0 spiro atoms. The van der Waals surface area contributed by atoms with Gasteiger partial charge in [0.1, 0.15) is 0 Å². The first-order chi connectivity index (χ1) is 9.33. The van der Waals surface area contributed by atoms with E-state index in [0.29, 0.717) is 18.2 Å². The van der Waals surface area contributed by atoms with Crippen molar-refractivity contribution >= 4 is 5.95 Å². The normalized spacial score (nSPS) is 11.9. The Morgan fingerprint density at radius 3 is 2.74 bits per heavy atom. The van der Waals surface area contributed by atoms with E-state index in [4.69, 9.17) is 4.74 Å². The van der Waals surface area contributed by atoms with E-state index >= 15 is 0 Å². The van der Waals surface area contributed by atoms with Gasteiger partial charge in [-0.25, -0.2) is 4.98 Å². The maximum absolute atomic E-state index is 9.17. The number of methoxy groups -OCH3 is 1. The molecule has 1 aromatic heterocycles. The third-order valence-electron chi connectivity index (χ3n) is 2.76. The summed E-state index contributed by atoms with van der Waals surface area (Å²) in [6.07, 6.45) is 2.22. The lowest BCUT2D eigenvalue weighted by Crippen LogP contribution is -2.14. The van der Waals surface area contributed by atoms with E-state index < -0.39 is 0 Å². The molecule has 0 saturated heterocycles. The number of anilines is 1. The fourth-order valence-electron chi connectivity index (χ4n) is 1.82. The van der Waals surface area contributed by atoms with Crippen molar-refractivity contribution in [1.82, 2.24) is 9.97 Å². The van der Waals surface area contributed by atoms with Gasteiger partial charge in [-0.3, -0.25) is 0 Å². The molecule has 1 aromatic carbocycles. The molecule has 0 bridgehead atoms. The van der Waals surface area contributed by atoms with Crippen LogP contribution < -0.4 is 10.1 Å². The Morgan fingerprint density at radius 2 is 2.05 bits per heavy atom. The summed E-state index contributed by atoms with van der Waals surface area (Å²) in [5, 5.41) is 12.4. The van der Waals surface area contributed by atoms with E-state index in [1.807, 2.05) is 30.3 Å². The number of hydrogen-bond donors (Lipinski definition) is 2. The van der Waals surface area contributed by atoms with E-state index in [1.54, 1.807) is 19.4 Å². The van der Waals surface area contributed by atoms with Crippen molar-refractivity contribution in [3.05, 3.63) is 48.2 Å². The molecule has 0 fully saturated rings. The third kappa shape index (κ3) is 3.66. The minimum Gasteiger partial charge on any atom is -0.481 e. The molecule has 100 valence electrons. The number of benzene rings is 1. The highest BCUT2D eigenvalue weighted by molar-refractivity contribution is 5.33. The van der Waals surface area contributed by atoms with Crippen molar-refractivity contribution in [3.8, 4) is 5.88 Å². The molecule has 5 nitrogen and oxygen atoms in total. The molecule has 2 aromatic rings. The molecule has 0 amide bonds. The molecule has 5 heteroatoms. The standard InChI is InChI=1S/C14H17N3O2/c1-19-13-7-9-15-14(17-13)16-12(8-10-18)11-5-3-2-4-6-11/h2-7,9,12,18H,8,10H2,1H3,(H,15,16,17)/t12-/m0/s1. The molecule has 0 radical (unpaired) electrons. The molecule has 1 atom stereocenters. The maximum Gasteiger partial charge on any atom is 0.226 e. The van der Waals surface area contributed by atoms with Gasteiger partial charge in [0.15, 0.2) is 0 Å². The minimum absolute atomic E-state index is 0.0293. The zero-order valence-electron chi connectivity index (χ0n) is 10.8. The molecule has 1 heterocycles. The monoisotopic (exact) mass is 259 g/mol. The van der Waals surface area contributed by atoms with Crippen LogP contribution in [0.2, 0.25) is 0 Å². The quantitative estimate of drug-likeness (QED) is 0.830. The van der Waals surface area contributed by atoms with Gasteiger partial charge in [0.2, 0.25) is 11.8 Å². The lowest BCUT2D eigenvalue weighted by atomic mass is 10.0. The van der Waals surface area contributed by atoms with Crippen LogP contribution in [0.1, 0.15) is 18.0 Å². The van der Waals surface area contributed by atoms with Crippen LogP contribution in [0.15, 0.2) is 42.6 Å². The summed E-state index contributed by atoms with van der Waals surface area (Å²) >= 11 is 0. The van der Waals surface area contributed by atoms with Gasteiger partial charge in [0, 0.05) is 18.9 Å². The maximum atomic E-state index is 9.17. The van der Waals surface area contributed by atoms with Crippen LogP contribution in [0.3, 0.4) is 0 Å². The van der Waals surface area contributed by atoms with Gasteiger partial charge < -0.3 is 15.2 Å². The molecule has 0 aliphatic heterocycles. The Hall–Kier alpha value is -2.14. The first-order valence-corrected chi connectivity index (χ1v) is 6.13. The Morgan fingerprint density at radius 1 is 1.26 bits per heavy atom. The van der Waals surface area contributed by atoms with Gasteiger partial charge in [-0.1, -0.05) is 30.3 Å². The summed E-state index contributed by atoms with van der Waals surface area (Å²) in [4.78, 5) is 8.36. The van der Waals surface area contributed by atoms with E-state index in [2.05, 4.69) is 15.3 Å². The van der Waals surface area contributed by atoms with Crippen LogP contribution in [0.25, 0.3) is 0 Å². The summed E-state index contributed by atoms with van der Waals surface area (Å²) in [5.74, 6) is 0.995. The van der Waals surface area contributed by atoms with Gasteiger partial charge in [0.25, 0.3) is 0 Å². The Balaban J connectivity index is 2.16. The second-order valence-electron chi connectivity index (χ2n) is 4.04. The fourth-order valence-corrected chi connectivity index (χ4v) is 1.82. The Bertz CT molecular complexity index is 505. The number of nitrogens with one attached hydrogen (secondary N) is 1. The molecular weight excluding hydrogens is 242 g/mol. The third-order valence-corrected chi connectivity index (χ3v) is 2.76. The van der Waals surface area contributed by atoms with Crippen LogP contribution in [0.4, 0.5) is 5.95 Å². The van der Waals surface area contributed by atoms with E-state index in [9.17, 15) is 5.11 Å². The van der Waals surface area contributed by atoms with Crippen molar-refractivity contribution in [2.75, 3.05) is 19.0 Å². The summed E-state index contributed by atoms with van der Waals surface area (Å²) in [7, 11) is 1.56. The molecule has 0 aliphatic carbocycles. The number of aromatic nitrogens is 2. The van der Waals surface area contributed by atoms with Gasteiger partial charge in [-0.05, 0) is 12.0 Å². The van der Waals surface area contributed by atoms with Gasteiger partial charge >= 0.3 is 0 Å². The second kappa shape index (κ2) is 6.70. The second-order valence-corrected chi connectivity index (χ2v) is 4.04. The number of aliphatic hydroxyl groups excluding tert-OH is 1. The van der Waals surface area contributed by atoms with Crippen molar-refractivity contribution in [3.63, 3.8) is 0 Å². The number of nitrogens with zero attached hydrogens (tertiary/aromatic N) is 2. The number of hydrogen-bond acceptors (Lipinski definition) is 5. The van der Waals surface area contributed by atoms with Crippen molar-refractivity contribution in [2.24, 2.45) is 0 Å². The highest BCUT2D eigenvalue weighted by Crippen LogP contribution is 2.21. The number of aliphatic hydroxyl groups is 1. The first kappa shape index (κ1) is 13.3. The van der Waals surface area contributed by atoms with Crippen molar-refractivity contribution in [1.29, 1.82) is 0 Å². The Kier molecular flexibility index (Phi) is 4.69. The average molecular weight is 259 g/mol. The largest absolute Gasteiger partial charge is 0.481 e. The SMILES string of the molecule is COc1ccnc(N[C@@H](CCO)c2ccccc2)n1. The summed E-state index contributed by atoms with van der Waals surface area (Å²) in [6, 6.07) is 11.6. The molecule has 0 aliphatic rings. The van der Waals surface area contributed by atoms with Crippen molar-refractivity contribution in [2.45, 2.75) is 12.5 Å². The van der Waals surface area contributed by atoms with Gasteiger partial charge in [-0.2, -0.15) is 4.98 Å². The first-order valence-electron chi connectivity index (χ1n) is 6.13. The van der Waals surface area contributed by atoms with Crippen LogP contribution in [0.5, 0.6) is 5.88 Å². The fraction of sp³-hybridized carbons (Fsp3) is 0.286. The zero-order chi connectivity index (χ0) is 13.5. The lowest BCUT2D eigenvalue weighted by molar-refractivity contribution is 0.279. The summed E-state index contributed by atoms with van der Waals surface area (Å²) < 4.78 is 5.06. The predicted octanol–water partition coefficient (Wildman–Crippen LogP) is 2.02. The molecule has 19 heavy (non-hydrogen) atoms. The molecular formula is C14H17N3O2. The number of rotatable bonds is 6. The van der Waals surface area contributed by atoms with E-state index in [1.165, 1.54) is 0 Å². The van der Waals surface area contributed by atoms with E-state index in [-0.39, 0.29) is 12.6 Å². The minimum atomic E-state index is -0.0293. The molecule has 2 N–H and O–H groups in total. The Labute approximate surface area is 112 Å². The predicted molar refractivity (Wildman–Crippen MR) is 73.1 cm³/mol. The highest BCUT2D eigenvalue weighted by atomic mass is 16.5. The molecule has 2 rings (SSSR count). The average Bonchev–Trinajstić information content (AvgIpc) is 2.48. The van der Waals surface area contributed by atoms with Crippen molar-refractivity contribution < 1.29 is 9.84 Å². The number of ether oxygens (including phenoxy) is 1. The topological polar surface area (TPSA) is 67.3 Å². The van der Waals surface area contributed by atoms with Crippen LogP contribution in [-0.4, -0.2) is 28.8 Å². The molecule has 0 unspecified atom stereocenters. The zero-order valence-corrected chi connectivity index (χ0v) is 10.8. The smallest absolute Gasteiger partial charge is 0.226 e. The van der Waals surface area contributed by atoms with Crippen LogP contribution in [-0.2, 0) is 0 Å². The molecule has 0 saturated carbocycles. The van der Waals surface area contributed by atoms with Gasteiger partial charge in [0.05, 0.1) is 13.2 Å².